The summed E-state index contributed by atoms with van der Waals surface area (Å²) in [6.07, 6.45) is 5.65. The molecule has 2 aliphatic carbocycles. The van der Waals surface area contributed by atoms with Gasteiger partial charge in [0.1, 0.15) is 5.75 Å². The van der Waals surface area contributed by atoms with Gasteiger partial charge in [-0.2, -0.15) is 0 Å². The zero-order chi connectivity index (χ0) is 16.4. The Morgan fingerprint density at radius 1 is 1.17 bits per heavy atom. The van der Waals surface area contributed by atoms with E-state index in [1.165, 1.54) is 19.2 Å². The predicted octanol–water partition coefficient (Wildman–Crippen LogP) is 2.26. The van der Waals surface area contributed by atoms with Crippen molar-refractivity contribution in [3.8, 4) is 5.75 Å². The molecule has 0 spiro atoms. The molecule has 0 radical (unpaired) electrons. The average Bonchev–Trinajstić information content (AvgIpc) is 3.15. The van der Waals surface area contributed by atoms with Crippen molar-refractivity contribution in [1.82, 2.24) is 4.72 Å². The Kier molecular flexibility index (Phi) is 4.59. The predicted molar refractivity (Wildman–Crippen MR) is 86.9 cm³/mol. The van der Waals surface area contributed by atoms with E-state index in [1.54, 1.807) is 6.07 Å². The summed E-state index contributed by atoms with van der Waals surface area (Å²) in [6, 6.07) is 4.58. The number of carbonyl (C=O) groups is 1. The fourth-order valence-electron chi connectivity index (χ4n) is 2.86. The first-order valence-electron chi connectivity index (χ1n) is 8.01. The molecule has 1 aromatic carbocycles. The van der Waals surface area contributed by atoms with E-state index in [9.17, 15) is 13.2 Å². The number of sulfonamides is 1. The first-order valence-corrected chi connectivity index (χ1v) is 9.49. The molecule has 2 N–H and O–H groups in total. The highest BCUT2D eigenvalue weighted by molar-refractivity contribution is 7.89. The number of methoxy groups -OCH3 is 1. The van der Waals surface area contributed by atoms with Crippen LogP contribution in [-0.4, -0.2) is 27.5 Å². The molecular weight excluding hydrogens is 316 g/mol. The Morgan fingerprint density at radius 3 is 2.48 bits per heavy atom. The molecule has 2 saturated carbocycles. The SMILES string of the molecule is COc1ccc(S(=O)(=O)NC2CC2)cc1NC(=O)C1CCCC1. The van der Waals surface area contributed by atoms with Crippen molar-refractivity contribution in [2.24, 2.45) is 5.92 Å². The van der Waals surface area contributed by atoms with Crippen LogP contribution in [0.2, 0.25) is 0 Å². The van der Waals surface area contributed by atoms with E-state index >= 15 is 0 Å². The number of anilines is 1. The van der Waals surface area contributed by atoms with Crippen molar-refractivity contribution in [2.75, 3.05) is 12.4 Å². The number of benzene rings is 1. The van der Waals surface area contributed by atoms with Crippen molar-refractivity contribution < 1.29 is 17.9 Å². The summed E-state index contributed by atoms with van der Waals surface area (Å²) in [5, 5.41) is 2.83. The number of nitrogens with one attached hydrogen (secondary N) is 2. The summed E-state index contributed by atoms with van der Waals surface area (Å²) in [6.45, 7) is 0. The van der Waals surface area contributed by atoms with Gasteiger partial charge in [0.25, 0.3) is 0 Å². The van der Waals surface area contributed by atoms with E-state index in [-0.39, 0.29) is 22.8 Å². The molecule has 7 heteroatoms. The molecule has 1 aromatic rings. The van der Waals surface area contributed by atoms with Crippen LogP contribution in [0.25, 0.3) is 0 Å². The highest BCUT2D eigenvalue weighted by Gasteiger charge is 2.29. The number of rotatable bonds is 6. The molecule has 6 nitrogen and oxygen atoms in total. The van der Waals surface area contributed by atoms with Gasteiger partial charge >= 0.3 is 0 Å². The van der Waals surface area contributed by atoms with Crippen LogP contribution in [0.5, 0.6) is 5.75 Å². The summed E-state index contributed by atoms with van der Waals surface area (Å²) in [4.78, 5) is 12.4. The second-order valence-corrected chi connectivity index (χ2v) is 7.94. The minimum Gasteiger partial charge on any atom is -0.495 e. The van der Waals surface area contributed by atoms with Crippen molar-refractivity contribution in [1.29, 1.82) is 0 Å². The van der Waals surface area contributed by atoms with E-state index in [0.29, 0.717) is 11.4 Å². The van der Waals surface area contributed by atoms with Gasteiger partial charge in [0, 0.05) is 12.0 Å². The Hall–Kier alpha value is -1.60. The van der Waals surface area contributed by atoms with Gasteiger partial charge in [-0.1, -0.05) is 12.8 Å². The van der Waals surface area contributed by atoms with Crippen molar-refractivity contribution >= 4 is 21.6 Å². The smallest absolute Gasteiger partial charge is 0.240 e. The lowest BCUT2D eigenvalue weighted by molar-refractivity contribution is -0.119. The minimum absolute atomic E-state index is 0.00422. The molecule has 2 aliphatic rings. The summed E-state index contributed by atoms with van der Waals surface area (Å²) in [5.74, 6) is 0.400. The molecule has 0 aromatic heterocycles. The molecule has 2 fully saturated rings. The molecule has 23 heavy (non-hydrogen) atoms. The Bertz CT molecular complexity index is 692. The van der Waals surface area contributed by atoms with Gasteiger partial charge in [-0.15, -0.1) is 0 Å². The minimum atomic E-state index is -3.56. The van der Waals surface area contributed by atoms with Gasteiger partial charge in [-0.05, 0) is 43.9 Å². The van der Waals surface area contributed by atoms with E-state index in [4.69, 9.17) is 4.74 Å². The summed E-state index contributed by atoms with van der Waals surface area (Å²) < 4.78 is 32.5. The maximum Gasteiger partial charge on any atom is 0.240 e. The number of amides is 1. The number of hydrogen-bond acceptors (Lipinski definition) is 4. The zero-order valence-corrected chi connectivity index (χ0v) is 14.0. The van der Waals surface area contributed by atoms with Crippen molar-refractivity contribution in [3.63, 3.8) is 0 Å². The fourth-order valence-corrected chi connectivity index (χ4v) is 4.19. The lowest BCUT2D eigenvalue weighted by atomic mass is 10.1. The standard InChI is InChI=1S/C16H22N2O4S/c1-22-15-9-8-13(23(20,21)18-12-6-7-12)10-14(15)17-16(19)11-4-2-3-5-11/h8-12,18H,2-7H2,1H3,(H,17,19). The van der Waals surface area contributed by atoms with Crippen LogP contribution in [0.1, 0.15) is 38.5 Å². The quantitative estimate of drug-likeness (QED) is 0.833. The lowest BCUT2D eigenvalue weighted by Gasteiger charge is -2.15. The maximum absolute atomic E-state index is 12.3. The number of ether oxygens (including phenoxy) is 1. The van der Waals surface area contributed by atoms with Gasteiger partial charge in [-0.25, -0.2) is 13.1 Å². The molecule has 126 valence electrons. The summed E-state index contributed by atoms with van der Waals surface area (Å²) in [7, 11) is -2.06. The first-order chi connectivity index (χ1) is 11.0. The number of carbonyl (C=O) groups excluding carboxylic acids is 1. The molecular formula is C16H22N2O4S. The van der Waals surface area contributed by atoms with Crippen molar-refractivity contribution in [2.45, 2.75) is 49.5 Å². The Balaban J connectivity index is 1.82. The van der Waals surface area contributed by atoms with Gasteiger partial charge in [0.2, 0.25) is 15.9 Å². The normalized spacial score (nSPS) is 18.8. The molecule has 0 heterocycles. The topological polar surface area (TPSA) is 84.5 Å². The third kappa shape index (κ3) is 3.84. The Morgan fingerprint density at radius 2 is 1.87 bits per heavy atom. The monoisotopic (exact) mass is 338 g/mol. The third-order valence-electron chi connectivity index (χ3n) is 4.36. The van der Waals surface area contributed by atoms with E-state index < -0.39 is 10.0 Å². The molecule has 0 saturated heterocycles. The molecule has 3 rings (SSSR count). The van der Waals surface area contributed by atoms with Gasteiger partial charge in [0.05, 0.1) is 17.7 Å². The summed E-state index contributed by atoms with van der Waals surface area (Å²) in [5.41, 5.74) is 0.406. The van der Waals surface area contributed by atoms with Crippen LogP contribution in [0, 0.1) is 5.92 Å². The van der Waals surface area contributed by atoms with E-state index in [2.05, 4.69) is 10.0 Å². The zero-order valence-electron chi connectivity index (χ0n) is 13.2. The Labute approximate surface area is 136 Å². The molecule has 0 aliphatic heterocycles. The van der Waals surface area contributed by atoms with Crippen LogP contribution in [0.3, 0.4) is 0 Å². The van der Waals surface area contributed by atoms with Gasteiger partial charge in [0.15, 0.2) is 0 Å². The molecule has 0 bridgehead atoms. The average molecular weight is 338 g/mol. The van der Waals surface area contributed by atoms with Gasteiger partial charge in [-0.3, -0.25) is 4.79 Å². The number of hydrogen-bond donors (Lipinski definition) is 2. The highest BCUT2D eigenvalue weighted by atomic mass is 32.2. The van der Waals surface area contributed by atoms with Gasteiger partial charge < -0.3 is 10.1 Å². The van der Waals surface area contributed by atoms with Crippen molar-refractivity contribution in [3.05, 3.63) is 18.2 Å². The molecule has 0 unspecified atom stereocenters. The third-order valence-corrected chi connectivity index (χ3v) is 5.88. The van der Waals surface area contributed by atoms with Crippen LogP contribution in [0.4, 0.5) is 5.69 Å². The molecule has 1 amide bonds. The maximum atomic E-state index is 12.3. The second kappa shape index (κ2) is 6.49. The van der Waals surface area contributed by atoms with Crippen LogP contribution < -0.4 is 14.8 Å². The second-order valence-electron chi connectivity index (χ2n) is 6.23. The van der Waals surface area contributed by atoms with Crippen LogP contribution >= 0.6 is 0 Å². The van der Waals surface area contributed by atoms with E-state index in [1.807, 2.05) is 0 Å². The fraction of sp³-hybridized carbons (Fsp3) is 0.562. The molecule has 0 atom stereocenters. The largest absolute Gasteiger partial charge is 0.495 e. The van der Waals surface area contributed by atoms with Crippen LogP contribution in [0.15, 0.2) is 23.1 Å². The first kappa shape index (κ1) is 16.3. The van der Waals surface area contributed by atoms with E-state index in [0.717, 1.165) is 38.5 Å². The highest BCUT2D eigenvalue weighted by Crippen LogP contribution is 2.31. The van der Waals surface area contributed by atoms with Crippen LogP contribution in [-0.2, 0) is 14.8 Å². The lowest BCUT2D eigenvalue weighted by Crippen LogP contribution is -2.26. The summed E-state index contributed by atoms with van der Waals surface area (Å²) >= 11 is 0.